The highest BCUT2D eigenvalue weighted by Crippen LogP contribution is 2.43. The molecule has 0 unspecified atom stereocenters. The summed E-state index contributed by atoms with van der Waals surface area (Å²) >= 11 is 0. The van der Waals surface area contributed by atoms with Crippen molar-refractivity contribution in [1.82, 2.24) is 19.1 Å². The number of rotatable bonds is 6. The van der Waals surface area contributed by atoms with Crippen LogP contribution >= 0.6 is 0 Å². The Morgan fingerprint density at radius 1 is 0.317 bits per heavy atom. The van der Waals surface area contributed by atoms with Gasteiger partial charge in [-0.3, -0.25) is 0 Å². The monoisotopic (exact) mass is 764 g/mol. The van der Waals surface area contributed by atoms with Gasteiger partial charge in [0.05, 0.1) is 39.1 Å². The fraction of sp³-hybridized carbons (Fsp3) is 0. The third kappa shape index (κ3) is 5.46. The lowest BCUT2D eigenvalue weighted by molar-refractivity contribution is 1.17. The largest absolute Gasteiger partial charge is 0.309 e. The molecule has 9 aromatic carbocycles. The summed E-state index contributed by atoms with van der Waals surface area (Å²) in [5, 5.41) is 7.23. The molecule has 0 bridgehead atoms. The van der Waals surface area contributed by atoms with Crippen LogP contribution in [-0.2, 0) is 0 Å². The van der Waals surface area contributed by atoms with Crippen LogP contribution in [0.15, 0.2) is 218 Å². The fourth-order valence-electron chi connectivity index (χ4n) is 9.16. The van der Waals surface area contributed by atoms with Crippen LogP contribution in [0.2, 0.25) is 0 Å². The van der Waals surface area contributed by atoms with Gasteiger partial charge in [0, 0.05) is 49.3 Å². The Bertz CT molecular complexity index is 3570. The van der Waals surface area contributed by atoms with Crippen molar-refractivity contribution in [2.24, 2.45) is 0 Å². The molecule has 0 saturated heterocycles. The number of hydrogen-bond donors (Lipinski definition) is 0. The lowest BCUT2D eigenvalue weighted by Crippen LogP contribution is -1.99. The van der Waals surface area contributed by atoms with Crippen LogP contribution in [0.5, 0.6) is 0 Å². The second-order valence-electron chi connectivity index (χ2n) is 15.4. The smallest absolute Gasteiger partial charge is 0.160 e. The quantitative estimate of drug-likeness (QED) is 0.169. The van der Waals surface area contributed by atoms with Crippen molar-refractivity contribution in [3.8, 4) is 56.4 Å². The highest BCUT2D eigenvalue weighted by molar-refractivity contribution is 6.26. The predicted octanol–water partition coefficient (Wildman–Crippen LogP) is 14.5. The zero-order valence-electron chi connectivity index (χ0n) is 32.6. The maximum absolute atomic E-state index is 5.34. The summed E-state index contributed by atoms with van der Waals surface area (Å²) < 4.78 is 4.91. The first-order valence-corrected chi connectivity index (χ1v) is 20.4. The third-order valence-electron chi connectivity index (χ3n) is 11.9. The minimum absolute atomic E-state index is 0.689. The number of para-hydroxylation sites is 3. The zero-order chi connectivity index (χ0) is 39.6. The van der Waals surface area contributed by atoms with Gasteiger partial charge in [-0.05, 0) is 65.0 Å². The number of fused-ring (bicyclic) bond motifs is 8. The van der Waals surface area contributed by atoms with E-state index in [2.05, 4.69) is 215 Å². The molecule has 4 heteroatoms. The van der Waals surface area contributed by atoms with Crippen LogP contribution in [-0.4, -0.2) is 19.1 Å². The molecular weight excluding hydrogens is 729 g/mol. The van der Waals surface area contributed by atoms with Crippen LogP contribution in [0.25, 0.3) is 111 Å². The number of aromatic nitrogens is 4. The highest BCUT2D eigenvalue weighted by atomic mass is 15.0. The summed E-state index contributed by atoms with van der Waals surface area (Å²) in [6.45, 7) is 0. The summed E-state index contributed by atoms with van der Waals surface area (Å²) in [5.74, 6) is 0.689. The van der Waals surface area contributed by atoms with Gasteiger partial charge >= 0.3 is 0 Å². The SMILES string of the molecule is c1ccc(-c2ccc(-c3nc(-c4ccccc4)cc(-c4cc(-n5c6ccccc6c6c5ccc5c7ccccc7n(-c7ccccc7)c56)c5ccccc5c4)n3)cc2)cc1. The Kier molecular flexibility index (Phi) is 7.82. The van der Waals surface area contributed by atoms with Gasteiger partial charge in [-0.25, -0.2) is 9.97 Å². The molecule has 60 heavy (non-hydrogen) atoms. The summed E-state index contributed by atoms with van der Waals surface area (Å²) in [6.07, 6.45) is 0. The molecule has 0 spiro atoms. The normalized spacial score (nSPS) is 11.7. The molecule has 3 aromatic heterocycles. The molecule has 0 saturated carbocycles. The van der Waals surface area contributed by atoms with Crippen LogP contribution in [0.4, 0.5) is 0 Å². The molecule has 0 fully saturated rings. The standard InChI is InChI=1S/C56H36N4/c1-4-16-37(17-5-1)38-28-30-40(31-29-38)56-57-48(39-18-6-2-7-19-39)36-49(58-56)42-34-41-20-10-11-23-44(41)53(35-42)60-51-27-15-13-25-47(51)54-52(60)33-32-46-45-24-12-14-26-50(45)59(55(46)54)43-21-8-3-9-22-43/h1-36H. The average molecular weight is 765 g/mol. The molecule has 280 valence electrons. The molecule has 4 nitrogen and oxygen atoms in total. The van der Waals surface area contributed by atoms with Crippen LogP contribution in [0.3, 0.4) is 0 Å². The van der Waals surface area contributed by atoms with Gasteiger partial charge in [0.1, 0.15) is 0 Å². The molecule has 0 aliphatic rings. The zero-order valence-corrected chi connectivity index (χ0v) is 32.6. The van der Waals surface area contributed by atoms with E-state index in [4.69, 9.17) is 9.97 Å². The Labute approximate surface area is 346 Å². The average Bonchev–Trinajstić information content (AvgIpc) is 3.85. The molecule has 12 rings (SSSR count). The van der Waals surface area contributed by atoms with E-state index >= 15 is 0 Å². The number of hydrogen-bond acceptors (Lipinski definition) is 2. The van der Waals surface area contributed by atoms with Gasteiger partial charge in [0.2, 0.25) is 0 Å². The van der Waals surface area contributed by atoms with Gasteiger partial charge in [-0.1, -0.05) is 170 Å². The van der Waals surface area contributed by atoms with E-state index in [1.165, 1.54) is 43.5 Å². The Hall–Kier alpha value is -8.08. The van der Waals surface area contributed by atoms with E-state index in [1.54, 1.807) is 0 Å². The first kappa shape index (κ1) is 34.0. The molecule has 12 aromatic rings. The van der Waals surface area contributed by atoms with Gasteiger partial charge < -0.3 is 9.13 Å². The maximum Gasteiger partial charge on any atom is 0.160 e. The molecular formula is C56H36N4. The minimum atomic E-state index is 0.689. The first-order valence-electron chi connectivity index (χ1n) is 20.4. The first-order chi connectivity index (χ1) is 29.8. The van der Waals surface area contributed by atoms with E-state index in [9.17, 15) is 0 Å². The minimum Gasteiger partial charge on any atom is -0.309 e. The Morgan fingerprint density at radius 2 is 0.867 bits per heavy atom. The van der Waals surface area contributed by atoms with Crippen molar-refractivity contribution < 1.29 is 0 Å². The third-order valence-corrected chi connectivity index (χ3v) is 11.9. The molecule has 0 amide bonds. The highest BCUT2D eigenvalue weighted by Gasteiger charge is 2.22. The second kappa shape index (κ2) is 13.8. The summed E-state index contributed by atoms with van der Waals surface area (Å²) in [6, 6.07) is 77.9. The molecule has 3 heterocycles. The van der Waals surface area contributed by atoms with E-state index in [-0.39, 0.29) is 0 Å². The van der Waals surface area contributed by atoms with Crippen LogP contribution in [0, 0.1) is 0 Å². The summed E-state index contributed by atoms with van der Waals surface area (Å²) in [4.78, 5) is 10.5. The predicted molar refractivity (Wildman–Crippen MR) is 250 cm³/mol. The molecule has 0 N–H and O–H groups in total. The molecule has 0 aliphatic carbocycles. The molecule has 0 atom stereocenters. The van der Waals surface area contributed by atoms with Crippen molar-refractivity contribution >= 4 is 54.4 Å². The van der Waals surface area contributed by atoms with E-state index in [0.29, 0.717) is 5.82 Å². The van der Waals surface area contributed by atoms with Gasteiger partial charge in [-0.15, -0.1) is 0 Å². The van der Waals surface area contributed by atoms with Crippen LogP contribution < -0.4 is 0 Å². The lowest BCUT2D eigenvalue weighted by Gasteiger charge is -2.15. The van der Waals surface area contributed by atoms with Crippen molar-refractivity contribution in [3.05, 3.63) is 218 Å². The van der Waals surface area contributed by atoms with E-state index < -0.39 is 0 Å². The van der Waals surface area contributed by atoms with Crippen molar-refractivity contribution in [3.63, 3.8) is 0 Å². The second-order valence-corrected chi connectivity index (χ2v) is 15.4. The van der Waals surface area contributed by atoms with Crippen molar-refractivity contribution in [2.75, 3.05) is 0 Å². The summed E-state index contributed by atoms with van der Waals surface area (Å²) in [7, 11) is 0. The molecule has 0 radical (unpaired) electrons. The topological polar surface area (TPSA) is 35.6 Å². The van der Waals surface area contributed by atoms with Crippen molar-refractivity contribution in [2.45, 2.75) is 0 Å². The van der Waals surface area contributed by atoms with Gasteiger partial charge in [-0.2, -0.15) is 0 Å². The van der Waals surface area contributed by atoms with E-state index in [0.717, 1.165) is 61.4 Å². The maximum atomic E-state index is 5.34. The number of benzene rings is 9. The van der Waals surface area contributed by atoms with Gasteiger partial charge in [0.25, 0.3) is 0 Å². The Morgan fingerprint density at radius 3 is 1.60 bits per heavy atom. The van der Waals surface area contributed by atoms with E-state index in [1.807, 2.05) is 12.1 Å². The summed E-state index contributed by atoms with van der Waals surface area (Å²) in [5.41, 5.74) is 14.1. The lowest BCUT2D eigenvalue weighted by atomic mass is 10.0. The Balaban J connectivity index is 1.12. The molecule has 0 aliphatic heterocycles. The van der Waals surface area contributed by atoms with Crippen molar-refractivity contribution in [1.29, 1.82) is 0 Å². The number of nitrogens with zero attached hydrogens (tertiary/aromatic N) is 4. The van der Waals surface area contributed by atoms with Gasteiger partial charge in [0.15, 0.2) is 5.82 Å². The fourth-order valence-corrected chi connectivity index (χ4v) is 9.16. The van der Waals surface area contributed by atoms with Crippen LogP contribution in [0.1, 0.15) is 0 Å².